The largest absolute Gasteiger partial charge is 0.352 e. The Kier molecular flexibility index (Phi) is 8.03. The number of hydrogen-bond acceptors (Lipinski definition) is 3. The van der Waals surface area contributed by atoms with E-state index in [2.05, 4.69) is 29.4 Å². The van der Waals surface area contributed by atoms with Crippen LogP contribution < -0.4 is 10.6 Å². The van der Waals surface area contributed by atoms with Crippen LogP contribution in [0.4, 0.5) is 5.69 Å². The van der Waals surface area contributed by atoms with Crippen LogP contribution >= 0.6 is 0 Å². The number of likely N-dealkylation sites (tertiary alicyclic amines) is 1. The number of unbranched alkanes of at least 4 members (excludes halogenated alkanes) is 1. The van der Waals surface area contributed by atoms with Crippen LogP contribution in [0.25, 0.3) is 0 Å². The zero-order valence-corrected chi connectivity index (χ0v) is 18.1. The van der Waals surface area contributed by atoms with Gasteiger partial charge in [-0.25, -0.2) is 0 Å². The highest BCUT2D eigenvalue weighted by molar-refractivity contribution is 6.09. The van der Waals surface area contributed by atoms with Crippen molar-refractivity contribution in [2.75, 3.05) is 25.0 Å². The fourth-order valence-corrected chi connectivity index (χ4v) is 3.91. The number of benzene rings is 2. The van der Waals surface area contributed by atoms with Gasteiger partial charge in [0.2, 0.25) is 0 Å². The predicted molar refractivity (Wildman–Crippen MR) is 122 cm³/mol. The molecular weight excluding hydrogens is 374 g/mol. The lowest BCUT2D eigenvalue weighted by Gasteiger charge is -2.30. The second-order valence-corrected chi connectivity index (χ2v) is 8.29. The first-order valence-corrected chi connectivity index (χ1v) is 11.1. The number of carbonyl (C=O) groups excluding carboxylic acids is 2. The van der Waals surface area contributed by atoms with Crippen LogP contribution in [0.15, 0.2) is 48.5 Å². The van der Waals surface area contributed by atoms with Gasteiger partial charge in [-0.2, -0.15) is 0 Å². The van der Waals surface area contributed by atoms with Crippen molar-refractivity contribution in [2.45, 2.75) is 46.1 Å². The predicted octanol–water partition coefficient (Wildman–Crippen LogP) is 4.70. The minimum absolute atomic E-state index is 0.162. The molecule has 1 fully saturated rings. The van der Waals surface area contributed by atoms with E-state index in [-0.39, 0.29) is 11.8 Å². The van der Waals surface area contributed by atoms with Crippen molar-refractivity contribution >= 4 is 17.5 Å². The number of carbonyl (C=O) groups is 2. The maximum atomic E-state index is 12.7. The van der Waals surface area contributed by atoms with E-state index in [9.17, 15) is 9.59 Å². The molecule has 1 aliphatic rings. The molecule has 30 heavy (non-hydrogen) atoms. The van der Waals surface area contributed by atoms with Crippen molar-refractivity contribution in [2.24, 2.45) is 5.92 Å². The van der Waals surface area contributed by atoms with Gasteiger partial charge in [0.15, 0.2) is 0 Å². The summed E-state index contributed by atoms with van der Waals surface area (Å²) < 4.78 is 0. The van der Waals surface area contributed by atoms with E-state index in [1.165, 1.54) is 18.4 Å². The minimum atomic E-state index is -0.207. The van der Waals surface area contributed by atoms with Gasteiger partial charge in [-0.15, -0.1) is 0 Å². The smallest absolute Gasteiger partial charge is 0.255 e. The molecule has 160 valence electrons. The van der Waals surface area contributed by atoms with Crippen LogP contribution in [0.3, 0.4) is 0 Å². The third-order valence-corrected chi connectivity index (χ3v) is 5.60. The first-order chi connectivity index (χ1) is 14.6. The SMILES string of the molecule is CCCCNC(=O)c1ccccc1NC(=O)c1ccc(CN2CCC[C@@H](C)C2)cc1. The average Bonchev–Trinajstić information content (AvgIpc) is 2.75. The van der Waals surface area contributed by atoms with Gasteiger partial charge in [-0.05, 0) is 61.6 Å². The molecular formula is C25H33N3O2. The summed E-state index contributed by atoms with van der Waals surface area (Å²) in [6, 6.07) is 14.9. The van der Waals surface area contributed by atoms with Gasteiger partial charge in [0, 0.05) is 25.2 Å². The molecule has 0 radical (unpaired) electrons. The summed E-state index contributed by atoms with van der Waals surface area (Å²) in [6.45, 7) is 8.23. The van der Waals surface area contributed by atoms with Crippen molar-refractivity contribution in [3.8, 4) is 0 Å². The maximum Gasteiger partial charge on any atom is 0.255 e. The lowest BCUT2D eigenvalue weighted by Crippen LogP contribution is -2.33. The standard InChI is InChI=1S/C25H33N3O2/c1-3-4-15-26-25(30)22-9-5-6-10-23(22)27-24(29)21-13-11-20(12-14-21)18-28-16-7-8-19(2)17-28/h5-6,9-14,19H,3-4,7-8,15-18H2,1-2H3,(H,26,30)(H,27,29)/t19-/m1/s1. The lowest BCUT2D eigenvalue weighted by atomic mass is 9.99. The third kappa shape index (κ3) is 6.17. The second-order valence-electron chi connectivity index (χ2n) is 8.29. The first kappa shape index (κ1) is 22.0. The summed E-state index contributed by atoms with van der Waals surface area (Å²) >= 11 is 0. The first-order valence-electron chi connectivity index (χ1n) is 11.1. The molecule has 0 aromatic heterocycles. The van der Waals surface area contributed by atoms with Gasteiger partial charge in [-0.1, -0.05) is 44.5 Å². The monoisotopic (exact) mass is 407 g/mol. The zero-order chi connectivity index (χ0) is 21.3. The molecule has 2 aromatic rings. The van der Waals surface area contributed by atoms with E-state index < -0.39 is 0 Å². The summed E-state index contributed by atoms with van der Waals surface area (Å²) in [6.07, 6.45) is 4.52. The number of nitrogens with one attached hydrogen (secondary N) is 2. The Labute approximate surface area is 179 Å². The van der Waals surface area contributed by atoms with Crippen molar-refractivity contribution in [1.29, 1.82) is 0 Å². The highest BCUT2D eigenvalue weighted by Gasteiger charge is 2.17. The van der Waals surface area contributed by atoms with Gasteiger partial charge in [-0.3, -0.25) is 14.5 Å². The Morgan fingerprint density at radius 3 is 2.57 bits per heavy atom. The van der Waals surface area contributed by atoms with Gasteiger partial charge < -0.3 is 10.6 Å². The summed E-state index contributed by atoms with van der Waals surface area (Å²) in [5.41, 5.74) is 2.82. The lowest BCUT2D eigenvalue weighted by molar-refractivity contribution is 0.0954. The van der Waals surface area contributed by atoms with Crippen molar-refractivity contribution in [1.82, 2.24) is 10.2 Å². The molecule has 3 rings (SSSR count). The quantitative estimate of drug-likeness (QED) is 0.624. The zero-order valence-electron chi connectivity index (χ0n) is 18.1. The Hall–Kier alpha value is -2.66. The van der Waals surface area contributed by atoms with Crippen LogP contribution in [0.5, 0.6) is 0 Å². The van der Waals surface area contributed by atoms with Gasteiger partial charge >= 0.3 is 0 Å². The van der Waals surface area contributed by atoms with Crippen LogP contribution in [0.2, 0.25) is 0 Å². The molecule has 5 heteroatoms. The molecule has 2 amide bonds. The summed E-state index contributed by atoms with van der Waals surface area (Å²) in [5, 5.41) is 5.80. The number of nitrogens with zero attached hydrogens (tertiary/aromatic N) is 1. The van der Waals surface area contributed by atoms with Crippen LogP contribution in [-0.2, 0) is 6.54 Å². The van der Waals surface area contributed by atoms with Crippen molar-refractivity contribution in [3.05, 3.63) is 65.2 Å². The third-order valence-electron chi connectivity index (χ3n) is 5.60. The molecule has 0 bridgehead atoms. The Balaban J connectivity index is 1.61. The Morgan fingerprint density at radius 2 is 1.83 bits per heavy atom. The van der Waals surface area contributed by atoms with E-state index in [1.807, 2.05) is 30.3 Å². The van der Waals surface area contributed by atoms with Gasteiger partial charge in [0.25, 0.3) is 11.8 Å². The molecule has 2 aromatic carbocycles. The van der Waals surface area contributed by atoms with E-state index in [1.54, 1.807) is 18.2 Å². The van der Waals surface area contributed by atoms with Gasteiger partial charge in [0.05, 0.1) is 11.3 Å². The number of anilines is 1. The fraction of sp³-hybridized carbons (Fsp3) is 0.440. The van der Waals surface area contributed by atoms with E-state index >= 15 is 0 Å². The highest BCUT2D eigenvalue weighted by atomic mass is 16.2. The molecule has 0 spiro atoms. The number of rotatable bonds is 8. The normalized spacial score (nSPS) is 16.8. The second kappa shape index (κ2) is 10.9. The molecule has 1 heterocycles. The maximum absolute atomic E-state index is 12.7. The molecule has 2 N–H and O–H groups in total. The van der Waals surface area contributed by atoms with Crippen LogP contribution in [-0.4, -0.2) is 36.3 Å². The molecule has 1 atom stereocenters. The molecule has 0 unspecified atom stereocenters. The van der Waals surface area contributed by atoms with E-state index in [0.717, 1.165) is 38.4 Å². The number of amides is 2. The molecule has 0 aliphatic carbocycles. The minimum Gasteiger partial charge on any atom is -0.352 e. The van der Waals surface area contributed by atoms with E-state index in [0.29, 0.717) is 23.4 Å². The fourth-order valence-electron chi connectivity index (χ4n) is 3.91. The highest BCUT2D eigenvalue weighted by Crippen LogP contribution is 2.19. The van der Waals surface area contributed by atoms with Crippen LogP contribution in [0.1, 0.15) is 65.8 Å². The molecule has 0 saturated carbocycles. The Morgan fingerprint density at radius 1 is 1.07 bits per heavy atom. The van der Waals surface area contributed by atoms with E-state index in [4.69, 9.17) is 0 Å². The summed E-state index contributed by atoms with van der Waals surface area (Å²) in [7, 11) is 0. The summed E-state index contributed by atoms with van der Waals surface area (Å²) in [4.78, 5) is 27.7. The topological polar surface area (TPSA) is 61.4 Å². The molecule has 5 nitrogen and oxygen atoms in total. The average molecular weight is 408 g/mol. The van der Waals surface area contributed by atoms with Gasteiger partial charge in [0.1, 0.15) is 0 Å². The van der Waals surface area contributed by atoms with Crippen molar-refractivity contribution in [3.63, 3.8) is 0 Å². The Bertz CT molecular complexity index is 848. The summed E-state index contributed by atoms with van der Waals surface area (Å²) in [5.74, 6) is 0.385. The molecule has 1 saturated heterocycles. The van der Waals surface area contributed by atoms with Crippen LogP contribution in [0, 0.1) is 5.92 Å². The number of hydrogen-bond donors (Lipinski definition) is 2. The van der Waals surface area contributed by atoms with Crippen molar-refractivity contribution < 1.29 is 9.59 Å². The number of piperidine rings is 1. The molecule has 1 aliphatic heterocycles. The number of para-hydroxylation sites is 1.